The monoisotopic (exact) mass is 208 g/mol. The number of alkyl halides is 1. The van der Waals surface area contributed by atoms with Gasteiger partial charge in [-0.2, -0.15) is 0 Å². The number of esters is 1. The first-order valence-electron chi connectivity index (χ1n) is 5.01. The summed E-state index contributed by atoms with van der Waals surface area (Å²) in [5.41, 5.74) is -0.598. The van der Waals surface area contributed by atoms with Crippen LogP contribution in [0.2, 0.25) is 0 Å². The zero-order chi connectivity index (χ0) is 10.9. The first-order chi connectivity index (χ1) is 7.13. The number of halogens is 1. The lowest BCUT2D eigenvalue weighted by Crippen LogP contribution is -2.09. The summed E-state index contributed by atoms with van der Waals surface area (Å²) in [4.78, 5) is 10.6. The number of hydrogen-bond acceptors (Lipinski definition) is 2. The van der Waals surface area contributed by atoms with Crippen LogP contribution in [0.1, 0.15) is 18.9 Å². The van der Waals surface area contributed by atoms with Crippen molar-refractivity contribution in [3.05, 3.63) is 35.9 Å². The van der Waals surface area contributed by atoms with Gasteiger partial charge in [0.1, 0.15) is 5.67 Å². The Hall–Kier alpha value is -1.38. The molecular formula is C12H13FO2. The smallest absolute Gasteiger partial charge is 0.302 e. The van der Waals surface area contributed by atoms with Crippen molar-refractivity contribution in [2.45, 2.75) is 19.0 Å². The number of carbonyl (C=O) groups excluding carboxylic acids is 1. The Labute approximate surface area is 88.1 Å². The number of benzene rings is 1. The van der Waals surface area contributed by atoms with Crippen LogP contribution in [0.5, 0.6) is 0 Å². The van der Waals surface area contributed by atoms with Crippen molar-refractivity contribution < 1.29 is 13.9 Å². The van der Waals surface area contributed by atoms with Gasteiger partial charge in [-0.15, -0.1) is 0 Å². The predicted molar refractivity (Wildman–Crippen MR) is 54.0 cm³/mol. The number of ether oxygens (including phenoxy) is 1. The minimum atomic E-state index is -1.28. The van der Waals surface area contributed by atoms with Crippen LogP contribution in [-0.2, 0) is 15.2 Å². The van der Waals surface area contributed by atoms with Crippen LogP contribution in [0.3, 0.4) is 0 Å². The lowest BCUT2D eigenvalue weighted by atomic mass is 10.1. The molecule has 15 heavy (non-hydrogen) atoms. The van der Waals surface area contributed by atoms with Crippen molar-refractivity contribution in [3.63, 3.8) is 0 Å². The molecule has 0 aliphatic heterocycles. The van der Waals surface area contributed by atoms with E-state index in [2.05, 4.69) is 0 Å². The highest BCUT2D eigenvalue weighted by atomic mass is 19.1. The maximum atomic E-state index is 14.2. The average Bonchev–Trinajstić information content (AvgIpc) is 2.90. The SMILES string of the molecule is CC(=O)OCC1CC1(F)c1ccccc1. The molecule has 0 bridgehead atoms. The van der Waals surface area contributed by atoms with E-state index < -0.39 is 5.67 Å². The summed E-state index contributed by atoms with van der Waals surface area (Å²) in [5, 5.41) is 0. The molecule has 80 valence electrons. The Balaban J connectivity index is 1.98. The average molecular weight is 208 g/mol. The minimum Gasteiger partial charge on any atom is -0.465 e. The fraction of sp³-hybridized carbons (Fsp3) is 0.417. The molecule has 2 nitrogen and oxygen atoms in total. The van der Waals surface area contributed by atoms with Gasteiger partial charge < -0.3 is 4.74 Å². The second kappa shape index (κ2) is 3.65. The highest BCUT2D eigenvalue weighted by molar-refractivity contribution is 5.65. The lowest BCUT2D eigenvalue weighted by Gasteiger charge is -2.07. The van der Waals surface area contributed by atoms with Crippen LogP contribution in [0, 0.1) is 5.92 Å². The molecule has 1 aromatic rings. The molecule has 2 unspecified atom stereocenters. The van der Waals surface area contributed by atoms with Crippen LogP contribution in [0.25, 0.3) is 0 Å². The first kappa shape index (κ1) is 10.1. The van der Waals surface area contributed by atoms with E-state index in [0.717, 1.165) is 0 Å². The Bertz CT molecular complexity index is 363. The first-order valence-corrected chi connectivity index (χ1v) is 5.01. The van der Waals surface area contributed by atoms with E-state index in [1.54, 1.807) is 12.1 Å². The van der Waals surface area contributed by atoms with Gasteiger partial charge in [-0.3, -0.25) is 4.79 Å². The molecule has 1 aromatic carbocycles. The molecule has 0 N–H and O–H groups in total. The summed E-state index contributed by atoms with van der Waals surface area (Å²) in [5.74, 6) is -0.527. The quantitative estimate of drug-likeness (QED) is 0.713. The van der Waals surface area contributed by atoms with Gasteiger partial charge in [-0.05, 0) is 12.0 Å². The molecule has 0 spiro atoms. The van der Waals surface area contributed by atoms with Crippen molar-refractivity contribution in [2.75, 3.05) is 6.61 Å². The highest BCUT2D eigenvalue weighted by Gasteiger charge is 2.57. The Morgan fingerprint density at radius 1 is 1.53 bits per heavy atom. The van der Waals surface area contributed by atoms with Gasteiger partial charge in [-0.25, -0.2) is 4.39 Å². The zero-order valence-electron chi connectivity index (χ0n) is 8.57. The molecule has 0 saturated heterocycles. The molecule has 1 aliphatic rings. The van der Waals surface area contributed by atoms with Gasteiger partial charge in [0.2, 0.25) is 0 Å². The van der Waals surface area contributed by atoms with E-state index in [4.69, 9.17) is 4.74 Å². The number of carbonyl (C=O) groups is 1. The normalized spacial score (nSPS) is 28.5. The minimum absolute atomic E-state index is 0.177. The third kappa shape index (κ3) is 2.01. The van der Waals surface area contributed by atoms with Crippen LogP contribution in [-0.4, -0.2) is 12.6 Å². The standard InChI is InChI=1S/C12H13FO2/c1-9(14)15-8-11-7-12(11,13)10-5-3-2-4-6-10/h2-6,11H,7-8H2,1H3. The van der Waals surface area contributed by atoms with Crippen LogP contribution in [0.4, 0.5) is 4.39 Å². The Morgan fingerprint density at radius 3 is 2.80 bits per heavy atom. The third-order valence-corrected chi connectivity index (χ3v) is 2.77. The molecular weight excluding hydrogens is 195 g/mol. The van der Waals surface area contributed by atoms with Gasteiger partial charge in [0.15, 0.2) is 0 Å². The molecule has 0 aromatic heterocycles. The zero-order valence-corrected chi connectivity index (χ0v) is 8.57. The van der Waals surface area contributed by atoms with E-state index in [9.17, 15) is 9.18 Å². The summed E-state index contributed by atoms with van der Waals surface area (Å²) in [7, 11) is 0. The van der Waals surface area contributed by atoms with Crippen molar-refractivity contribution >= 4 is 5.97 Å². The topological polar surface area (TPSA) is 26.3 Å². The number of hydrogen-bond donors (Lipinski definition) is 0. The second-order valence-electron chi connectivity index (χ2n) is 3.93. The number of rotatable bonds is 3. The Kier molecular flexibility index (Phi) is 2.47. The van der Waals surface area contributed by atoms with E-state index in [1.807, 2.05) is 18.2 Å². The van der Waals surface area contributed by atoms with Gasteiger partial charge >= 0.3 is 5.97 Å². The molecule has 2 atom stereocenters. The van der Waals surface area contributed by atoms with Crippen molar-refractivity contribution in [3.8, 4) is 0 Å². The van der Waals surface area contributed by atoms with E-state index >= 15 is 0 Å². The second-order valence-corrected chi connectivity index (χ2v) is 3.93. The van der Waals surface area contributed by atoms with Gasteiger partial charge in [0, 0.05) is 12.8 Å². The van der Waals surface area contributed by atoms with E-state index in [0.29, 0.717) is 12.0 Å². The molecule has 1 saturated carbocycles. The van der Waals surface area contributed by atoms with Crippen LogP contribution >= 0.6 is 0 Å². The third-order valence-electron chi connectivity index (χ3n) is 2.77. The summed E-state index contributed by atoms with van der Waals surface area (Å²) in [6.45, 7) is 1.52. The summed E-state index contributed by atoms with van der Waals surface area (Å²) < 4.78 is 19.0. The van der Waals surface area contributed by atoms with Crippen molar-refractivity contribution in [2.24, 2.45) is 5.92 Å². The maximum absolute atomic E-state index is 14.2. The molecule has 1 aliphatic carbocycles. The van der Waals surface area contributed by atoms with Crippen molar-refractivity contribution in [1.82, 2.24) is 0 Å². The summed E-state index contributed by atoms with van der Waals surface area (Å²) in [6.07, 6.45) is 0.449. The molecule has 2 rings (SSSR count). The van der Waals surface area contributed by atoms with E-state index in [1.165, 1.54) is 6.92 Å². The van der Waals surface area contributed by atoms with Crippen LogP contribution < -0.4 is 0 Å². The molecule has 3 heteroatoms. The maximum Gasteiger partial charge on any atom is 0.302 e. The summed E-state index contributed by atoms with van der Waals surface area (Å²) >= 11 is 0. The van der Waals surface area contributed by atoms with Gasteiger partial charge in [0.25, 0.3) is 0 Å². The van der Waals surface area contributed by atoms with Crippen LogP contribution in [0.15, 0.2) is 30.3 Å². The molecule has 0 heterocycles. The fourth-order valence-corrected chi connectivity index (χ4v) is 1.78. The summed E-state index contributed by atoms with van der Waals surface area (Å²) in [6, 6.07) is 9.04. The fourth-order valence-electron chi connectivity index (χ4n) is 1.78. The highest BCUT2D eigenvalue weighted by Crippen LogP contribution is 2.55. The Morgan fingerprint density at radius 2 is 2.20 bits per heavy atom. The van der Waals surface area contributed by atoms with Gasteiger partial charge in [-0.1, -0.05) is 30.3 Å². The predicted octanol–water partition coefficient (Wildman–Crippen LogP) is 2.43. The largest absolute Gasteiger partial charge is 0.465 e. The molecule has 0 radical (unpaired) electrons. The van der Waals surface area contributed by atoms with Crippen molar-refractivity contribution in [1.29, 1.82) is 0 Å². The van der Waals surface area contributed by atoms with E-state index in [-0.39, 0.29) is 18.5 Å². The van der Waals surface area contributed by atoms with Gasteiger partial charge in [0.05, 0.1) is 6.61 Å². The molecule has 1 fully saturated rings. The molecule has 0 amide bonds. The lowest BCUT2D eigenvalue weighted by molar-refractivity contribution is -0.141.